The summed E-state index contributed by atoms with van der Waals surface area (Å²) >= 11 is 0. The van der Waals surface area contributed by atoms with E-state index in [-0.39, 0.29) is 0 Å². The van der Waals surface area contributed by atoms with Crippen LogP contribution in [0.15, 0.2) is 30.6 Å². The van der Waals surface area contributed by atoms with Crippen molar-refractivity contribution in [1.29, 1.82) is 0 Å². The Kier molecular flexibility index (Phi) is 3.62. The van der Waals surface area contributed by atoms with Gasteiger partial charge in [-0.3, -0.25) is 0 Å². The van der Waals surface area contributed by atoms with E-state index in [1.807, 2.05) is 30.6 Å². The number of hydrogen-bond acceptors (Lipinski definition) is 5. The molecule has 0 saturated heterocycles. The lowest BCUT2D eigenvalue weighted by Crippen LogP contribution is -2.05. The minimum absolute atomic E-state index is 0.575. The minimum atomic E-state index is 0.575. The number of nitrogens with zero attached hydrogens (tertiary/aromatic N) is 3. The number of anilines is 1. The van der Waals surface area contributed by atoms with E-state index in [9.17, 15) is 0 Å². The van der Waals surface area contributed by atoms with Gasteiger partial charge in [-0.2, -0.15) is 0 Å². The molecule has 0 unspecified atom stereocenters. The van der Waals surface area contributed by atoms with E-state index in [0.717, 1.165) is 29.7 Å². The van der Waals surface area contributed by atoms with Crippen LogP contribution < -0.4 is 10.1 Å². The number of pyridine rings is 1. The van der Waals surface area contributed by atoms with Gasteiger partial charge in [-0.05, 0) is 43.2 Å². The van der Waals surface area contributed by atoms with E-state index >= 15 is 0 Å². The van der Waals surface area contributed by atoms with Crippen LogP contribution in [-0.2, 0) is 6.54 Å². The van der Waals surface area contributed by atoms with Crippen LogP contribution in [0.3, 0.4) is 0 Å². The van der Waals surface area contributed by atoms with Crippen molar-refractivity contribution in [2.24, 2.45) is 5.92 Å². The van der Waals surface area contributed by atoms with Crippen molar-refractivity contribution in [2.45, 2.75) is 38.1 Å². The fourth-order valence-corrected chi connectivity index (χ4v) is 2.29. The van der Waals surface area contributed by atoms with Crippen molar-refractivity contribution in [2.75, 3.05) is 11.9 Å². The average Bonchev–Trinajstić information content (AvgIpc) is 3.46. The smallest absolute Gasteiger partial charge is 0.213 e. The molecule has 4 rings (SSSR count). The predicted octanol–water partition coefficient (Wildman–Crippen LogP) is 3.15. The topological polar surface area (TPSA) is 59.9 Å². The van der Waals surface area contributed by atoms with Gasteiger partial charge in [0.2, 0.25) is 5.88 Å². The summed E-state index contributed by atoms with van der Waals surface area (Å²) in [5.74, 6) is 3.89. The van der Waals surface area contributed by atoms with Crippen molar-refractivity contribution in [3.63, 3.8) is 0 Å². The zero-order valence-electron chi connectivity index (χ0n) is 12.5. The highest BCUT2D eigenvalue weighted by molar-refractivity contribution is 5.35. The van der Waals surface area contributed by atoms with Crippen LogP contribution in [0.1, 0.15) is 43.0 Å². The Bertz CT molecular complexity index is 635. The molecular weight excluding hydrogens is 276 g/mol. The van der Waals surface area contributed by atoms with Crippen LogP contribution in [0.4, 0.5) is 5.82 Å². The Labute approximate surface area is 130 Å². The normalized spacial score (nSPS) is 17.3. The third-order valence-electron chi connectivity index (χ3n) is 4.05. The molecule has 1 N–H and O–H groups in total. The van der Waals surface area contributed by atoms with Crippen LogP contribution in [-0.4, -0.2) is 21.6 Å². The zero-order chi connectivity index (χ0) is 14.8. The zero-order valence-corrected chi connectivity index (χ0v) is 12.5. The third kappa shape index (κ3) is 3.53. The molecule has 2 aliphatic carbocycles. The van der Waals surface area contributed by atoms with Gasteiger partial charge in [0, 0.05) is 30.9 Å². The van der Waals surface area contributed by atoms with E-state index < -0.39 is 0 Å². The van der Waals surface area contributed by atoms with Crippen LogP contribution in [0, 0.1) is 5.92 Å². The number of rotatable bonds is 7. The molecule has 0 aliphatic heterocycles. The standard InChI is InChI=1S/C17H20N4O/c1-2-12(1)11-22-16-6-3-13(10-20-16)9-19-15-7-8-18-17(21-15)14-4-5-14/h3,6-8,10,12,14H,1-2,4-5,9,11H2,(H,18,19,21). The maximum Gasteiger partial charge on any atom is 0.213 e. The van der Waals surface area contributed by atoms with Gasteiger partial charge in [0.15, 0.2) is 0 Å². The van der Waals surface area contributed by atoms with E-state index in [4.69, 9.17) is 4.74 Å². The van der Waals surface area contributed by atoms with Crippen LogP contribution >= 0.6 is 0 Å². The second kappa shape index (κ2) is 5.91. The van der Waals surface area contributed by atoms with Crippen LogP contribution in [0.25, 0.3) is 0 Å². The first kappa shape index (κ1) is 13.5. The molecule has 2 saturated carbocycles. The van der Waals surface area contributed by atoms with Gasteiger partial charge in [0.1, 0.15) is 11.6 Å². The Morgan fingerprint density at radius 1 is 1.09 bits per heavy atom. The van der Waals surface area contributed by atoms with Crippen molar-refractivity contribution >= 4 is 5.82 Å². The van der Waals surface area contributed by atoms with Crippen molar-refractivity contribution in [3.8, 4) is 5.88 Å². The van der Waals surface area contributed by atoms with Crippen LogP contribution in [0.2, 0.25) is 0 Å². The van der Waals surface area contributed by atoms with E-state index in [0.29, 0.717) is 18.3 Å². The van der Waals surface area contributed by atoms with E-state index in [1.165, 1.54) is 25.7 Å². The predicted molar refractivity (Wildman–Crippen MR) is 83.8 cm³/mol. The van der Waals surface area contributed by atoms with Gasteiger partial charge in [-0.1, -0.05) is 6.07 Å². The fourth-order valence-electron chi connectivity index (χ4n) is 2.29. The summed E-state index contributed by atoms with van der Waals surface area (Å²) in [7, 11) is 0. The number of aromatic nitrogens is 3. The van der Waals surface area contributed by atoms with Crippen LogP contribution in [0.5, 0.6) is 5.88 Å². The average molecular weight is 296 g/mol. The van der Waals surface area contributed by atoms with Gasteiger partial charge >= 0.3 is 0 Å². The SMILES string of the molecule is c1cc(NCc2ccc(OCC3CC3)nc2)nc(C2CC2)n1. The molecule has 5 nitrogen and oxygen atoms in total. The molecule has 22 heavy (non-hydrogen) atoms. The summed E-state index contributed by atoms with van der Waals surface area (Å²) in [6.45, 7) is 1.51. The molecule has 0 radical (unpaired) electrons. The molecule has 2 aromatic heterocycles. The molecular formula is C17H20N4O. The number of ether oxygens (including phenoxy) is 1. The lowest BCUT2D eigenvalue weighted by Gasteiger charge is -2.08. The molecule has 114 valence electrons. The number of hydrogen-bond donors (Lipinski definition) is 1. The molecule has 0 atom stereocenters. The highest BCUT2D eigenvalue weighted by Gasteiger charge is 2.26. The lowest BCUT2D eigenvalue weighted by molar-refractivity contribution is 0.288. The highest BCUT2D eigenvalue weighted by Crippen LogP contribution is 2.38. The van der Waals surface area contributed by atoms with Crippen molar-refractivity contribution in [3.05, 3.63) is 42.0 Å². The molecule has 2 aliphatic rings. The molecule has 0 aromatic carbocycles. The molecule has 2 fully saturated rings. The molecule has 0 bridgehead atoms. The first-order valence-electron chi connectivity index (χ1n) is 8.01. The molecule has 5 heteroatoms. The lowest BCUT2D eigenvalue weighted by atomic mass is 10.3. The van der Waals surface area contributed by atoms with Gasteiger partial charge in [-0.25, -0.2) is 15.0 Å². The molecule has 0 spiro atoms. The first-order valence-corrected chi connectivity index (χ1v) is 8.01. The Balaban J connectivity index is 1.31. The van der Waals surface area contributed by atoms with Crippen molar-refractivity contribution in [1.82, 2.24) is 15.0 Å². The van der Waals surface area contributed by atoms with Gasteiger partial charge in [-0.15, -0.1) is 0 Å². The maximum absolute atomic E-state index is 5.64. The van der Waals surface area contributed by atoms with Gasteiger partial charge in [0.25, 0.3) is 0 Å². The second-order valence-corrected chi connectivity index (χ2v) is 6.19. The van der Waals surface area contributed by atoms with E-state index in [2.05, 4.69) is 20.3 Å². The summed E-state index contributed by atoms with van der Waals surface area (Å²) in [6, 6.07) is 5.90. The summed E-state index contributed by atoms with van der Waals surface area (Å²) in [5.41, 5.74) is 1.12. The quantitative estimate of drug-likeness (QED) is 0.850. The first-order chi connectivity index (χ1) is 10.9. The number of nitrogens with one attached hydrogen (secondary N) is 1. The summed E-state index contributed by atoms with van der Waals surface area (Å²) < 4.78 is 5.64. The summed E-state index contributed by atoms with van der Waals surface area (Å²) in [4.78, 5) is 13.2. The van der Waals surface area contributed by atoms with Gasteiger partial charge in [0.05, 0.1) is 6.61 Å². The maximum atomic E-state index is 5.64. The highest BCUT2D eigenvalue weighted by atomic mass is 16.5. The third-order valence-corrected chi connectivity index (χ3v) is 4.05. The Morgan fingerprint density at radius 3 is 2.73 bits per heavy atom. The summed E-state index contributed by atoms with van der Waals surface area (Å²) in [5, 5.41) is 3.33. The molecule has 2 heterocycles. The monoisotopic (exact) mass is 296 g/mol. The second-order valence-electron chi connectivity index (χ2n) is 6.19. The Morgan fingerprint density at radius 2 is 2.00 bits per heavy atom. The van der Waals surface area contributed by atoms with Gasteiger partial charge < -0.3 is 10.1 Å². The minimum Gasteiger partial charge on any atom is -0.477 e. The summed E-state index contributed by atoms with van der Waals surface area (Å²) in [6.07, 6.45) is 8.72. The molecule has 0 amide bonds. The van der Waals surface area contributed by atoms with E-state index in [1.54, 1.807) is 0 Å². The largest absolute Gasteiger partial charge is 0.477 e. The fraction of sp³-hybridized carbons (Fsp3) is 0.471. The Hall–Kier alpha value is -2.17. The molecule has 2 aromatic rings. The van der Waals surface area contributed by atoms with Crippen molar-refractivity contribution < 1.29 is 4.74 Å².